The van der Waals surface area contributed by atoms with Crippen LogP contribution in [0.3, 0.4) is 0 Å². The second kappa shape index (κ2) is 65.6. The van der Waals surface area contributed by atoms with Gasteiger partial charge in [0.05, 0.1) is 0 Å². The van der Waals surface area contributed by atoms with E-state index in [-0.39, 0.29) is 31.1 Å². The molecule has 0 saturated heterocycles. The van der Waals surface area contributed by atoms with E-state index in [1.54, 1.807) is 0 Å². The maximum Gasteiger partial charge on any atom is 0.306 e. The zero-order valence-electron chi connectivity index (χ0n) is 51.5. The molecule has 1 atom stereocenters. The summed E-state index contributed by atoms with van der Waals surface area (Å²) in [6.45, 7) is 6.49. The standard InChI is InChI=1S/C71H128O6/c1-4-7-10-13-15-17-19-21-23-25-27-28-29-30-31-32-33-34-35-36-37-38-39-40-41-42-44-45-47-49-51-53-55-58-61-64-70(73)76-67-68(66-75-69(72)63-60-57-12-9-6-3)77-71(74)65-62-59-56-54-52-50-48-46-43-26-24-22-20-18-16-14-11-8-5-2/h7,10,15,17,21-24,27-28,68H,4-6,8-9,11-14,16,18-20,25-26,29-67H2,1-3H3/b10-7-,17-15-,23-21-,24-22-,28-27-. The number of carbonyl (C=O) groups is 3. The van der Waals surface area contributed by atoms with Crippen LogP contribution < -0.4 is 0 Å². The molecule has 0 aliphatic heterocycles. The molecule has 0 aliphatic carbocycles. The zero-order valence-corrected chi connectivity index (χ0v) is 51.5. The lowest BCUT2D eigenvalue weighted by atomic mass is 10.0. The Morgan fingerprint density at radius 2 is 0.506 bits per heavy atom. The smallest absolute Gasteiger partial charge is 0.306 e. The minimum atomic E-state index is -0.768. The molecule has 0 aliphatic rings. The lowest BCUT2D eigenvalue weighted by molar-refractivity contribution is -0.167. The quantitative estimate of drug-likeness (QED) is 0.0261. The Balaban J connectivity index is 3.89. The third kappa shape index (κ3) is 63.8. The first-order valence-corrected chi connectivity index (χ1v) is 33.8. The van der Waals surface area contributed by atoms with E-state index in [1.165, 1.54) is 225 Å². The molecule has 0 saturated carbocycles. The minimum Gasteiger partial charge on any atom is -0.462 e. The molecular formula is C71H128O6. The van der Waals surface area contributed by atoms with Gasteiger partial charge in [0.1, 0.15) is 13.2 Å². The summed E-state index contributed by atoms with van der Waals surface area (Å²) in [5.74, 6) is -0.866. The number of rotatable bonds is 62. The van der Waals surface area contributed by atoms with Gasteiger partial charge in [-0.05, 0) is 83.5 Å². The summed E-state index contributed by atoms with van der Waals surface area (Å²) in [5.41, 5.74) is 0. The SMILES string of the molecule is CC/C=C\C/C=C\C/C=C\C/C=C\CCCCCCCCCCCCCCCCCCCCCCCCC(=O)OCC(COC(=O)CCCCCCC)OC(=O)CCCCCCCCCCC/C=C\CCCCCCCC. The molecule has 0 bridgehead atoms. The predicted molar refractivity (Wildman–Crippen MR) is 335 cm³/mol. The molecule has 0 rings (SSSR count). The lowest BCUT2D eigenvalue weighted by Crippen LogP contribution is -2.30. The summed E-state index contributed by atoms with van der Waals surface area (Å²) >= 11 is 0. The maximum absolute atomic E-state index is 12.8. The van der Waals surface area contributed by atoms with Gasteiger partial charge in [0.2, 0.25) is 0 Å². The average molecular weight is 1080 g/mol. The van der Waals surface area contributed by atoms with Crippen molar-refractivity contribution in [2.24, 2.45) is 0 Å². The van der Waals surface area contributed by atoms with Gasteiger partial charge in [-0.1, -0.05) is 313 Å². The van der Waals surface area contributed by atoms with Crippen LogP contribution in [-0.4, -0.2) is 37.2 Å². The molecule has 0 N–H and O–H groups in total. The topological polar surface area (TPSA) is 78.9 Å². The second-order valence-electron chi connectivity index (χ2n) is 22.7. The van der Waals surface area contributed by atoms with Crippen LogP contribution >= 0.6 is 0 Å². The zero-order chi connectivity index (χ0) is 55.7. The van der Waals surface area contributed by atoms with Crippen LogP contribution in [0.5, 0.6) is 0 Å². The Hall–Kier alpha value is -2.89. The van der Waals surface area contributed by atoms with E-state index in [1.807, 2.05) is 0 Å². The van der Waals surface area contributed by atoms with Crippen molar-refractivity contribution in [1.29, 1.82) is 0 Å². The fraction of sp³-hybridized carbons (Fsp3) is 0.817. The van der Waals surface area contributed by atoms with Crippen LogP contribution in [0.1, 0.15) is 355 Å². The van der Waals surface area contributed by atoms with Crippen LogP contribution in [0.15, 0.2) is 60.8 Å². The largest absolute Gasteiger partial charge is 0.462 e. The summed E-state index contributed by atoms with van der Waals surface area (Å²) in [5, 5.41) is 0. The van der Waals surface area contributed by atoms with Gasteiger partial charge in [-0.3, -0.25) is 14.4 Å². The monoisotopic (exact) mass is 1080 g/mol. The van der Waals surface area contributed by atoms with Gasteiger partial charge in [0.15, 0.2) is 6.10 Å². The van der Waals surface area contributed by atoms with Crippen LogP contribution in [0.2, 0.25) is 0 Å². The summed E-state index contributed by atoms with van der Waals surface area (Å²) in [4.78, 5) is 37.9. The minimum absolute atomic E-state index is 0.0697. The first kappa shape index (κ1) is 74.1. The Labute approximate surface area is 479 Å². The van der Waals surface area contributed by atoms with Crippen molar-refractivity contribution in [1.82, 2.24) is 0 Å². The Bertz CT molecular complexity index is 1380. The van der Waals surface area contributed by atoms with Crippen LogP contribution in [-0.2, 0) is 28.6 Å². The lowest BCUT2D eigenvalue weighted by Gasteiger charge is -2.18. The van der Waals surface area contributed by atoms with Gasteiger partial charge in [0, 0.05) is 19.3 Å². The van der Waals surface area contributed by atoms with E-state index in [9.17, 15) is 14.4 Å². The number of carbonyl (C=O) groups excluding carboxylic acids is 3. The van der Waals surface area contributed by atoms with Crippen molar-refractivity contribution >= 4 is 17.9 Å². The molecule has 448 valence electrons. The first-order chi connectivity index (χ1) is 38.0. The average Bonchev–Trinajstić information content (AvgIpc) is 3.43. The van der Waals surface area contributed by atoms with Crippen molar-refractivity contribution < 1.29 is 28.6 Å². The maximum atomic E-state index is 12.8. The predicted octanol–water partition coefficient (Wildman–Crippen LogP) is 23.1. The van der Waals surface area contributed by atoms with Crippen molar-refractivity contribution in [2.75, 3.05) is 13.2 Å². The molecular weight excluding hydrogens is 949 g/mol. The number of esters is 3. The fourth-order valence-corrected chi connectivity index (χ4v) is 9.96. The van der Waals surface area contributed by atoms with Gasteiger partial charge < -0.3 is 14.2 Å². The van der Waals surface area contributed by atoms with Gasteiger partial charge >= 0.3 is 17.9 Å². The molecule has 1 unspecified atom stereocenters. The van der Waals surface area contributed by atoms with Gasteiger partial charge in [-0.25, -0.2) is 0 Å². The number of hydrogen-bond acceptors (Lipinski definition) is 6. The first-order valence-electron chi connectivity index (χ1n) is 33.8. The molecule has 0 aromatic carbocycles. The molecule has 0 fully saturated rings. The van der Waals surface area contributed by atoms with Gasteiger partial charge in [-0.15, -0.1) is 0 Å². The van der Waals surface area contributed by atoms with Crippen LogP contribution in [0.25, 0.3) is 0 Å². The Morgan fingerprint density at radius 3 is 0.805 bits per heavy atom. The van der Waals surface area contributed by atoms with Crippen LogP contribution in [0.4, 0.5) is 0 Å². The van der Waals surface area contributed by atoms with E-state index >= 15 is 0 Å². The molecule has 0 radical (unpaired) electrons. The number of ether oxygens (including phenoxy) is 3. The van der Waals surface area contributed by atoms with Crippen molar-refractivity contribution in [3.05, 3.63) is 60.8 Å². The summed E-state index contributed by atoms with van der Waals surface area (Å²) in [7, 11) is 0. The molecule has 0 aromatic heterocycles. The van der Waals surface area contributed by atoms with Gasteiger partial charge in [0.25, 0.3) is 0 Å². The molecule has 0 aromatic rings. The third-order valence-electron chi connectivity index (χ3n) is 15.0. The van der Waals surface area contributed by atoms with E-state index in [4.69, 9.17) is 14.2 Å². The van der Waals surface area contributed by atoms with Crippen molar-refractivity contribution in [3.63, 3.8) is 0 Å². The normalized spacial score (nSPS) is 12.4. The summed E-state index contributed by atoms with van der Waals surface area (Å²) in [6.07, 6.45) is 84.5. The molecule has 6 nitrogen and oxygen atoms in total. The van der Waals surface area contributed by atoms with E-state index in [0.29, 0.717) is 19.3 Å². The number of allylic oxidation sites excluding steroid dienone is 10. The van der Waals surface area contributed by atoms with Crippen LogP contribution in [0, 0.1) is 0 Å². The number of hydrogen-bond donors (Lipinski definition) is 0. The summed E-state index contributed by atoms with van der Waals surface area (Å²) in [6, 6.07) is 0. The molecule has 6 heteroatoms. The number of unbranched alkanes of at least 4 members (excludes halogenated alkanes) is 41. The molecule has 0 spiro atoms. The third-order valence-corrected chi connectivity index (χ3v) is 15.0. The van der Waals surface area contributed by atoms with Crippen molar-refractivity contribution in [2.45, 2.75) is 361 Å². The van der Waals surface area contributed by atoms with E-state index in [0.717, 1.165) is 89.9 Å². The summed E-state index contributed by atoms with van der Waals surface area (Å²) < 4.78 is 16.8. The molecule has 77 heavy (non-hydrogen) atoms. The fourth-order valence-electron chi connectivity index (χ4n) is 9.96. The molecule has 0 amide bonds. The Morgan fingerprint density at radius 1 is 0.273 bits per heavy atom. The van der Waals surface area contributed by atoms with E-state index < -0.39 is 6.10 Å². The highest BCUT2D eigenvalue weighted by Crippen LogP contribution is 2.18. The van der Waals surface area contributed by atoms with E-state index in [2.05, 4.69) is 81.5 Å². The highest BCUT2D eigenvalue weighted by atomic mass is 16.6. The van der Waals surface area contributed by atoms with Gasteiger partial charge in [-0.2, -0.15) is 0 Å². The van der Waals surface area contributed by atoms with Crippen molar-refractivity contribution in [3.8, 4) is 0 Å². The second-order valence-corrected chi connectivity index (χ2v) is 22.7. The Kier molecular flexibility index (Phi) is 63.2. The highest BCUT2D eigenvalue weighted by molar-refractivity contribution is 5.71. The molecule has 0 heterocycles. The highest BCUT2D eigenvalue weighted by Gasteiger charge is 2.19.